The fourth-order valence-corrected chi connectivity index (χ4v) is 1.28. The van der Waals surface area contributed by atoms with Gasteiger partial charge in [-0.2, -0.15) is 0 Å². The van der Waals surface area contributed by atoms with Gasteiger partial charge in [0.05, 0.1) is 12.8 Å². The fraction of sp³-hybridized carbons (Fsp3) is 0.182. The molecule has 72 valence electrons. The Balaban J connectivity index is 2.25. The zero-order valence-electron chi connectivity index (χ0n) is 8.03. The minimum absolute atomic E-state index is 0.649. The van der Waals surface area contributed by atoms with Gasteiger partial charge in [0.25, 0.3) is 0 Å². The molecule has 3 heteroatoms. The Morgan fingerprint density at radius 2 is 2.07 bits per heavy atom. The van der Waals surface area contributed by atoms with Gasteiger partial charge in [0.15, 0.2) is 0 Å². The van der Waals surface area contributed by atoms with Crippen LogP contribution < -0.4 is 4.74 Å². The van der Waals surface area contributed by atoms with E-state index >= 15 is 0 Å². The Hall–Kier alpha value is -1.77. The summed E-state index contributed by atoms with van der Waals surface area (Å²) in [6.45, 7) is 2.60. The van der Waals surface area contributed by atoms with Crippen molar-refractivity contribution in [1.82, 2.24) is 9.97 Å². The number of rotatable bonds is 3. The van der Waals surface area contributed by atoms with Crippen LogP contribution in [0.25, 0.3) is 11.4 Å². The smallest absolute Gasteiger partial charge is 0.211 e. The monoisotopic (exact) mass is 188 g/mol. The van der Waals surface area contributed by atoms with E-state index in [4.69, 9.17) is 4.74 Å². The predicted molar refractivity (Wildman–Crippen MR) is 55.2 cm³/mol. The number of hydrogen-bond donors (Lipinski definition) is 1. The molecule has 0 fully saturated rings. The summed E-state index contributed by atoms with van der Waals surface area (Å²) in [6.07, 6.45) is 1.70. The number of nitrogens with one attached hydrogen (secondary N) is 1. The first-order valence-electron chi connectivity index (χ1n) is 4.63. The maximum atomic E-state index is 5.29. The van der Waals surface area contributed by atoms with E-state index in [1.165, 1.54) is 0 Å². The lowest BCUT2D eigenvalue weighted by atomic mass is 10.2. The van der Waals surface area contributed by atoms with Crippen LogP contribution in [0.2, 0.25) is 0 Å². The van der Waals surface area contributed by atoms with Crippen molar-refractivity contribution in [1.29, 1.82) is 0 Å². The van der Waals surface area contributed by atoms with Crippen LogP contribution in [0.4, 0.5) is 0 Å². The first kappa shape index (κ1) is 8.81. The number of aromatic amines is 1. The summed E-state index contributed by atoms with van der Waals surface area (Å²) in [5, 5.41) is 0. The van der Waals surface area contributed by atoms with Crippen molar-refractivity contribution < 1.29 is 4.74 Å². The molecule has 0 saturated heterocycles. The van der Waals surface area contributed by atoms with Crippen LogP contribution in [0.3, 0.4) is 0 Å². The Morgan fingerprint density at radius 3 is 2.79 bits per heavy atom. The molecule has 1 heterocycles. The van der Waals surface area contributed by atoms with Crippen LogP contribution in [0.5, 0.6) is 5.88 Å². The Labute approximate surface area is 82.8 Å². The van der Waals surface area contributed by atoms with Gasteiger partial charge in [0, 0.05) is 5.56 Å². The average Bonchev–Trinajstić information content (AvgIpc) is 2.68. The maximum absolute atomic E-state index is 5.29. The van der Waals surface area contributed by atoms with Gasteiger partial charge in [-0.25, -0.2) is 4.98 Å². The second-order valence-corrected chi connectivity index (χ2v) is 2.90. The van der Waals surface area contributed by atoms with Gasteiger partial charge in [-0.1, -0.05) is 30.3 Å². The van der Waals surface area contributed by atoms with Crippen molar-refractivity contribution in [3.8, 4) is 17.3 Å². The first-order valence-corrected chi connectivity index (χ1v) is 4.63. The van der Waals surface area contributed by atoms with E-state index in [9.17, 15) is 0 Å². The highest BCUT2D eigenvalue weighted by atomic mass is 16.5. The molecule has 1 aromatic carbocycles. The molecule has 2 rings (SSSR count). The molecule has 0 bridgehead atoms. The van der Waals surface area contributed by atoms with Gasteiger partial charge in [-0.05, 0) is 6.92 Å². The number of benzene rings is 1. The number of aromatic nitrogens is 2. The highest BCUT2D eigenvalue weighted by molar-refractivity contribution is 5.55. The standard InChI is InChI=1S/C11H12N2O/c1-2-14-10-8-12-11(13-10)9-6-4-3-5-7-9/h3-8H,2H2,1H3,(H,12,13). The summed E-state index contributed by atoms with van der Waals surface area (Å²) in [4.78, 5) is 7.32. The predicted octanol–water partition coefficient (Wildman–Crippen LogP) is 2.48. The van der Waals surface area contributed by atoms with E-state index in [2.05, 4.69) is 9.97 Å². The van der Waals surface area contributed by atoms with Crippen molar-refractivity contribution in [2.45, 2.75) is 6.92 Å². The van der Waals surface area contributed by atoms with Crippen molar-refractivity contribution in [2.75, 3.05) is 6.61 Å². The lowest BCUT2D eigenvalue weighted by Crippen LogP contribution is -1.90. The Morgan fingerprint density at radius 1 is 1.29 bits per heavy atom. The Bertz CT molecular complexity index is 395. The molecule has 0 aliphatic rings. The highest BCUT2D eigenvalue weighted by Crippen LogP contribution is 2.17. The molecule has 0 radical (unpaired) electrons. The van der Waals surface area contributed by atoms with Crippen molar-refractivity contribution in [2.24, 2.45) is 0 Å². The normalized spacial score (nSPS) is 10.1. The topological polar surface area (TPSA) is 37.9 Å². The van der Waals surface area contributed by atoms with Crippen molar-refractivity contribution in [3.05, 3.63) is 36.5 Å². The quantitative estimate of drug-likeness (QED) is 0.803. The minimum atomic E-state index is 0.649. The lowest BCUT2D eigenvalue weighted by Gasteiger charge is -1.97. The first-order chi connectivity index (χ1) is 6.90. The molecule has 0 aliphatic heterocycles. The summed E-state index contributed by atoms with van der Waals surface area (Å²) in [5.41, 5.74) is 1.07. The van der Waals surface area contributed by atoms with Crippen molar-refractivity contribution in [3.63, 3.8) is 0 Å². The molecule has 0 saturated carbocycles. The second kappa shape index (κ2) is 3.96. The van der Waals surface area contributed by atoms with Gasteiger partial charge in [0.1, 0.15) is 5.82 Å². The van der Waals surface area contributed by atoms with E-state index in [1.54, 1.807) is 6.20 Å². The summed E-state index contributed by atoms with van der Waals surface area (Å²) < 4.78 is 5.29. The SMILES string of the molecule is CCOc1cnc(-c2ccccc2)[nH]1. The van der Waals surface area contributed by atoms with E-state index in [0.717, 1.165) is 11.4 Å². The number of H-pyrrole nitrogens is 1. The molecule has 0 amide bonds. The van der Waals surface area contributed by atoms with E-state index in [-0.39, 0.29) is 0 Å². The lowest BCUT2D eigenvalue weighted by molar-refractivity contribution is 0.328. The van der Waals surface area contributed by atoms with Gasteiger partial charge in [0.2, 0.25) is 5.88 Å². The van der Waals surface area contributed by atoms with E-state index < -0.39 is 0 Å². The number of ether oxygens (including phenoxy) is 1. The number of nitrogens with zero attached hydrogens (tertiary/aromatic N) is 1. The van der Waals surface area contributed by atoms with Crippen LogP contribution in [0.1, 0.15) is 6.92 Å². The number of imidazole rings is 1. The van der Waals surface area contributed by atoms with Gasteiger partial charge in [-0.15, -0.1) is 0 Å². The minimum Gasteiger partial charge on any atom is -0.478 e. The van der Waals surface area contributed by atoms with E-state index in [1.807, 2.05) is 37.3 Å². The molecule has 0 unspecified atom stereocenters. The zero-order valence-corrected chi connectivity index (χ0v) is 8.03. The van der Waals surface area contributed by atoms with Crippen LogP contribution in [0, 0.1) is 0 Å². The fourth-order valence-electron chi connectivity index (χ4n) is 1.28. The van der Waals surface area contributed by atoms with E-state index in [0.29, 0.717) is 12.5 Å². The average molecular weight is 188 g/mol. The summed E-state index contributed by atoms with van der Waals surface area (Å²) in [7, 11) is 0. The third-order valence-electron chi connectivity index (χ3n) is 1.90. The largest absolute Gasteiger partial charge is 0.478 e. The summed E-state index contributed by atoms with van der Waals surface area (Å²) in [5.74, 6) is 1.56. The maximum Gasteiger partial charge on any atom is 0.211 e. The number of hydrogen-bond acceptors (Lipinski definition) is 2. The molecule has 3 nitrogen and oxygen atoms in total. The van der Waals surface area contributed by atoms with Crippen LogP contribution in [-0.4, -0.2) is 16.6 Å². The van der Waals surface area contributed by atoms with Gasteiger partial charge < -0.3 is 9.72 Å². The molecular formula is C11H12N2O. The van der Waals surface area contributed by atoms with Gasteiger partial charge in [-0.3, -0.25) is 0 Å². The van der Waals surface area contributed by atoms with Crippen LogP contribution in [0.15, 0.2) is 36.5 Å². The molecule has 14 heavy (non-hydrogen) atoms. The third-order valence-corrected chi connectivity index (χ3v) is 1.90. The van der Waals surface area contributed by atoms with Crippen LogP contribution >= 0.6 is 0 Å². The molecule has 0 spiro atoms. The molecule has 0 aliphatic carbocycles. The molecule has 2 aromatic rings. The third kappa shape index (κ3) is 1.76. The molecule has 0 atom stereocenters. The molecule has 1 N–H and O–H groups in total. The van der Waals surface area contributed by atoms with Gasteiger partial charge >= 0.3 is 0 Å². The highest BCUT2D eigenvalue weighted by Gasteiger charge is 2.01. The van der Waals surface area contributed by atoms with Crippen molar-refractivity contribution >= 4 is 0 Å². The summed E-state index contributed by atoms with van der Waals surface area (Å²) >= 11 is 0. The zero-order chi connectivity index (χ0) is 9.80. The summed E-state index contributed by atoms with van der Waals surface area (Å²) in [6, 6.07) is 9.97. The van der Waals surface area contributed by atoms with Crippen LogP contribution in [-0.2, 0) is 0 Å². The molecular weight excluding hydrogens is 176 g/mol. The Kier molecular flexibility index (Phi) is 2.49. The second-order valence-electron chi connectivity index (χ2n) is 2.90. The molecule has 1 aromatic heterocycles.